The summed E-state index contributed by atoms with van der Waals surface area (Å²) in [6.45, 7) is 2.55. The molecule has 0 amide bonds. The van der Waals surface area contributed by atoms with Crippen molar-refractivity contribution in [2.75, 3.05) is 0 Å². The molecule has 0 aliphatic heterocycles. The Labute approximate surface area is 194 Å². The second-order valence-electron chi connectivity index (χ2n) is 7.59. The molecule has 0 aliphatic carbocycles. The van der Waals surface area contributed by atoms with Crippen LogP contribution in [0, 0.1) is 6.92 Å². The van der Waals surface area contributed by atoms with Crippen LogP contribution in [0.25, 0.3) is 21.5 Å². The number of fused-ring (bicyclic) bond motifs is 1. The van der Waals surface area contributed by atoms with Crippen LogP contribution in [-0.4, -0.2) is 14.5 Å². The second kappa shape index (κ2) is 9.10. The number of hydrogen-bond donors (Lipinski definition) is 0. The maximum absolute atomic E-state index is 13.3. The standard InChI is InChI=1S/C26H21N3OS2/c1-18-11-13-19(14-12-18)15-29-25(30)22-9-5-6-10-23(22)28-26(29)32-17-21-16-31-24(27-21)20-7-3-2-4-8-20/h2-14,16H,15,17H2,1H3. The Kier molecular flexibility index (Phi) is 5.88. The number of benzene rings is 3. The maximum Gasteiger partial charge on any atom is 0.262 e. The summed E-state index contributed by atoms with van der Waals surface area (Å²) in [4.78, 5) is 22.9. The van der Waals surface area contributed by atoms with Crippen LogP contribution in [0.5, 0.6) is 0 Å². The number of thiazole rings is 1. The molecule has 4 nitrogen and oxygen atoms in total. The normalized spacial score (nSPS) is 11.2. The summed E-state index contributed by atoms with van der Waals surface area (Å²) in [5, 5.41) is 4.44. The highest BCUT2D eigenvalue weighted by Gasteiger charge is 2.13. The first-order valence-electron chi connectivity index (χ1n) is 10.3. The summed E-state index contributed by atoms with van der Waals surface area (Å²) in [5.74, 6) is 0.655. The van der Waals surface area contributed by atoms with E-state index < -0.39 is 0 Å². The third-order valence-corrected chi connectivity index (χ3v) is 7.16. The highest BCUT2D eigenvalue weighted by Crippen LogP contribution is 2.28. The lowest BCUT2D eigenvalue weighted by molar-refractivity contribution is 0.658. The van der Waals surface area contributed by atoms with E-state index in [-0.39, 0.29) is 5.56 Å². The van der Waals surface area contributed by atoms with Crippen molar-refractivity contribution in [2.24, 2.45) is 0 Å². The highest BCUT2D eigenvalue weighted by molar-refractivity contribution is 7.98. The minimum Gasteiger partial charge on any atom is -0.283 e. The fraction of sp³-hybridized carbons (Fsp3) is 0.115. The van der Waals surface area contributed by atoms with Gasteiger partial charge in [0.2, 0.25) is 0 Å². The molecule has 0 fully saturated rings. The maximum atomic E-state index is 13.3. The number of aromatic nitrogens is 3. The van der Waals surface area contributed by atoms with Crippen molar-refractivity contribution in [2.45, 2.75) is 24.4 Å². The molecule has 3 aromatic carbocycles. The van der Waals surface area contributed by atoms with E-state index in [1.165, 1.54) is 5.56 Å². The van der Waals surface area contributed by atoms with Crippen LogP contribution < -0.4 is 5.56 Å². The van der Waals surface area contributed by atoms with E-state index in [1.807, 2.05) is 42.5 Å². The van der Waals surface area contributed by atoms with Crippen LogP contribution in [0.4, 0.5) is 0 Å². The Balaban J connectivity index is 1.46. The van der Waals surface area contributed by atoms with Crippen molar-refractivity contribution in [1.82, 2.24) is 14.5 Å². The molecule has 158 valence electrons. The molecule has 2 aromatic heterocycles. The predicted octanol–water partition coefficient (Wildman–Crippen LogP) is 6.17. The lowest BCUT2D eigenvalue weighted by atomic mass is 10.1. The zero-order valence-corrected chi connectivity index (χ0v) is 19.2. The Morgan fingerprint density at radius 1 is 0.906 bits per heavy atom. The summed E-state index contributed by atoms with van der Waals surface area (Å²) >= 11 is 3.19. The van der Waals surface area contributed by atoms with E-state index in [0.717, 1.165) is 27.3 Å². The molecule has 0 saturated heterocycles. The van der Waals surface area contributed by atoms with Crippen molar-refractivity contribution in [3.63, 3.8) is 0 Å². The monoisotopic (exact) mass is 455 g/mol. The van der Waals surface area contributed by atoms with Crippen LogP contribution >= 0.6 is 23.1 Å². The van der Waals surface area contributed by atoms with E-state index in [4.69, 9.17) is 9.97 Å². The van der Waals surface area contributed by atoms with Crippen LogP contribution in [0.2, 0.25) is 0 Å². The van der Waals surface area contributed by atoms with Gasteiger partial charge in [0, 0.05) is 16.7 Å². The minimum absolute atomic E-state index is 0.0121. The Hall–Kier alpha value is -3.22. The van der Waals surface area contributed by atoms with Gasteiger partial charge >= 0.3 is 0 Å². The molecule has 5 rings (SSSR count). The van der Waals surface area contributed by atoms with Gasteiger partial charge in [-0.2, -0.15) is 0 Å². The van der Waals surface area contributed by atoms with Crippen molar-refractivity contribution >= 4 is 34.0 Å². The first-order valence-corrected chi connectivity index (χ1v) is 12.2. The molecular formula is C26H21N3OS2. The average molecular weight is 456 g/mol. The molecule has 6 heteroatoms. The first kappa shape index (κ1) is 20.7. The Morgan fingerprint density at radius 3 is 2.47 bits per heavy atom. The zero-order valence-electron chi connectivity index (χ0n) is 17.6. The molecule has 0 bridgehead atoms. The number of thioether (sulfide) groups is 1. The Bertz CT molecular complexity index is 1420. The summed E-state index contributed by atoms with van der Waals surface area (Å²) in [6.07, 6.45) is 0. The molecule has 0 aliphatic rings. The largest absolute Gasteiger partial charge is 0.283 e. The number of hydrogen-bond acceptors (Lipinski definition) is 5. The van der Waals surface area contributed by atoms with Gasteiger partial charge in [-0.1, -0.05) is 84.1 Å². The predicted molar refractivity (Wildman–Crippen MR) is 133 cm³/mol. The number of nitrogens with zero attached hydrogens (tertiary/aromatic N) is 3. The number of aryl methyl sites for hydroxylation is 1. The van der Waals surface area contributed by atoms with Crippen molar-refractivity contribution in [3.8, 4) is 10.6 Å². The molecule has 0 atom stereocenters. The van der Waals surface area contributed by atoms with Gasteiger partial charge in [0.15, 0.2) is 5.16 Å². The smallest absolute Gasteiger partial charge is 0.262 e. The van der Waals surface area contributed by atoms with Gasteiger partial charge in [-0.25, -0.2) is 9.97 Å². The van der Waals surface area contributed by atoms with Crippen molar-refractivity contribution < 1.29 is 0 Å². The van der Waals surface area contributed by atoms with E-state index in [1.54, 1.807) is 27.7 Å². The van der Waals surface area contributed by atoms with Gasteiger partial charge in [0.1, 0.15) is 5.01 Å². The van der Waals surface area contributed by atoms with Gasteiger partial charge in [-0.3, -0.25) is 9.36 Å². The summed E-state index contributed by atoms with van der Waals surface area (Å²) in [7, 11) is 0. The third-order valence-electron chi connectivity index (χ3n) is 5.21. The van der Waals surface area contributed by atoms with Gasteiger partial charge in [0.05, 0.1) is 23.1 Å². The SMILES string of the molecule is Cc1ccc(Cn2c(SCc3csc(-c4ccccc4)n3)nc3ccccc3c2=O)cc1. The van der Waals surface area contributed by atoms with Crippen LogP contribution in [0.1, 0.15) is 16.8 Å². The lowest BCUT2D eigenvalue weighted by Crippen LogP contribution is -2.24. The molecule has 32 heavy (non-hydrogen) atoms. The van der Waals surface area contributed by atoms with Crippen molar-refractivity contribution in [1.29, 1.82) is 0 Å². The van der Waals surface area contributed by atoms with Crippen molar-refractivity contribution in [3.05, 3.63) is 111 Å². The molecular weight excluding hydrogens is 434 g/mol. The third kappa shape index (κ3) is 4.38. The summed E-state index contributed by atoms with van der Waals surface area (Å²) in [6, 6.07) is 26.0. The van der Waals surface area contributed by atoms with E-state index in [0.29, 0.717) is 22.8 Å². The molecule has 2 heterocycles. The average Bonchev–Trinajstić information content (AvgIpc) is 3.31. The molecule has 0 radical (unpaired) electrons. The fourth-order valence-electron chi connectivity index (χ4n) is 3.50. The van der Waals surface area contributed by atoms with Gasteiger partial charge < -0.3 is 0 Å². The van der Waals surface area contributed by atoms with Gasteiger partial charge in [-0.05, 0) is 24.6 Å². The number of rotatable bonds is 6. The van der Waals surface area contributed by atoms with Crippen LogP contribution in [-0.2, 0) is 12.3 Å². The van der Waals surface area contributed by atoms with Gasteiger partial charge in [0.25, 0.3) is 5.56 Å². The van der Waals surface area contributed by atoms with E-state index in [2.05, 4.69) is 48.7 Å². The minimum atomic E-state index is -0.0121. The highest BCUT2D eigenvalue weighted by atomic mass is 32.2. The molecule has 5 aromatic rings. The zero-order chi connectivity index (χ0) is 21.9. The van der Waals surface area contributed by atoms with Gasteiger partial charge in [-0.15, -0.1) is 11.3 Å². The Morgan fingerprint density at radius 2 is 1.66 bits per heavy atom. The lowest BCUT2D eigenvalue weighted by Gasteiger charge is -2.13. The molecule has 0 saturated carbocycles. The first-order chi connectivity index (χ1) is 15.7. The topological polar surface area (TPSA) is 47.8 Å². The molecule has 0 unspecified atom stereocenters. The summed E-state index contributed by atoms with van der Waals surface area (Å²) < 4.78 is 1.78. The van der Waals surface area contributed by atoms with Crippen LogP contribution in [0.15, 0.2) is 94.2 Å². The van der Waals surface area contributed by atoms with E-state index >= 15 is 0 Å². The fourth-order valence-corrected chi connectivity index (χ4v) is 5.32. The molecule has 0 N–H and O–H groups in total. The summed E-state index contributed by atoms with van der Waals surface area (Å²) in [5.41, 5.74) is 5.10. The molecule has 0 spiro atoms. The van der Waals surface area contributed by atoms with E-state index in [9.17, 15) is 4.79 Å². The number of para-hydroxylation sites is 1. The van der Waals surface area contributed by atoms with Crippen LogP contribution in [0.3, 0.4) is 0 Å². The quantitative estimate of drug-likeness (QED) is 0.227. The second-order valence-corrected chi connectivity index (χ2v) is 9.39.